The number of aromatic amines is 1. The number of primary amides is 2. The minimum absolute atomic E-state index is 0.0184. The Morgan fingerprint density at radius 1 is 0.518 bits per heavy atom. The summed E-state index contributed by atoms with van der Waals surface area (Å²) in [4.78, 5) is 205. The number of amides is 12. The first-order valence-electron chi connectivity index (χ1n) is 38.3. The zero-order valence-electron chi connectivity index (χ0n) is 64.6. The minimum atomic E-state index is -1.75. The first-order valence-corrected chi connectivity index (χ1v) is 38.3. The molecule has 0 radical (unpaired) electrons. The number of nitrogens with zero attached hydrogens (tertiary/aromatic N) is 1. The van der Waals surface area contributed by atoms with Gasteiger partial charge in [0.25, 0.3) is 0 Å². The lowest BCUT2D eigenvalue weighted by Crippen LogP contribution is -2.62. The van der Waals surface area contributed by atoms with Gasteiger partial charge in [-0.1, -0.05) is 148 Å². The summed E-state index contributed by atoms with van der Waals surface area (Å²) in [6.07, 6.45) is 5.65. The smallest absolute Gasteiger partial charge is 0.326 e. The van der Waals surface area contributed by atoms with Crippen molar-refractivity contribution in [3.63, 3.8) is 0 Å². The number of carbonyl (C=O) groups is 15. The van der Waals surface area contributed by atoms with E-state index in [0.29, 0.717) is 44.1 Å². The Hall–Kier alpha value is -9.73. The van der Waals surface area contributed by atoms with Crippen molar-refractivity contribution < 1.29 is 92.3 Å². The number of aromatic nitrogens is 1. The van der Waals surface area contributed by atoms with Crippen molar-refractivity contribution in [1.82, 2.24) is 57.7 Å². The number of aliphatic carboxylic acids is 1. The molecule has 0 bridgehead atoms. The van der Waals surface area contributed by atoms with Gasteiger partial charge < -0.3 is 95.4 Å². The first kappa shape index (κ1) is 92.7. The van der Waals surface area contributed by atoms with Crippen LogP contribution in [-0.4, -0.2) is 211 Å². The molecule has 1 saturated heterocycles. The number of hydrogen-bond donors (Lipinski definition) is 17. The van der Waals surface area contributed by atoms with E-state index in [1.165, 1.54) is 18.7 Å². The summed E-state index contributed by atoms with van der Waals surface area (Å²) in [6.45, 7) is 12.1. The Kier molecular flexibility index (Phi) is 39.9. The molecule has 4 rings (SSSR count). The molecule has 1 aromatic heterocycles. The van der Waals surface area contributed by atoms with Gasteiger partial charge in [-0.3, -0.25) is 67.1 Å². The number of H-pyrrole nitrogens is 1. The summed E-state index contributed by atoms with van der Waals surface area (Å²) in [5, 5.41) is 65.0. The van der Waals surface area contributed by atoms with Gasteiger partial charge in [-0.2, -0.15) is 0 Å². The molecular weight excluding hydrogens is 1420 g/mol. The number of carboxylic acid groups (broad SMARTS) is 1. The van der Waals surface area contributed by atoms with Crippen LogP contribution < -0.4 is 65.1 Å². The van der Waals surface area contributed by atoms with Crippen LogP contribution >= 0.6 is 0 Å². The van der Waals surface area contributed by atoms with Gasteiger partial charge in [0, 0.05) is 49.3 Å². The van der Waals surface area contributed by atoms with E-state index in [4.69, 9.17) is 17.2 Å². The van der Waals surface area contributed by atoms with Crippen LogP contribution in [0, 0.1) is 17.8 Å². The van der Waals surface area contributed by atoms with Gasteiger partial charge in [0.05, 0.1) is 31.3 Å². The van der Waals surface area contributed by atoms with Crippen molar-refractivity contribution in [2.75, 3.05) is 13.2 Å². The number of ketones is 2. The van der Waals surface area contributed by atoms with E-state index in [-0.39, 0.29) is 75.7 Å². The zero-order valence-corrected chi connectivity index (χ0v) is 64.6. The molecule has 1 aliphatic heterocycles. The summed E-state index contributed by atoms with van der Waals surface area (Å²) in [5.41, 5.74) is 19.1. The average molecular weight is 1540 g/mol. The number of hydrogen-bond acceptors (Lipinski definition) is 19. The van der Waals surface area contributed by atoms with Gasteiger partial charge in [-0.25, -0.2) is 4.79 Å². The van der Waals surface area contributed by atoms with Crippen LogP contribution in [0.15, 0.2) is 60.8 Å². The van der Waals surface area contributed by atoms with E-state index in [1.807, 2.05) is 18.2 Å². The Bertz CT molecular complexity index is 3590. The van der Waals surface area contributed by atoms with Gasteiger partial charge in [-0.15, -0.1) is 0 Å². The number of para-hydroxylation sites is 1. The monoisotopic (exact) mass is 1540 g/mol. The molecule has 1 fully saturated rings. The predicted octanol–water partition coefficient (Wildman–Crippen LogP) is 0.572. The van der Waals surface area contributed by atoms with Crippen molar-refractivity contribution in [2.24, 2.45) is 35.0 Å². The number of nitrogens with two attached hydrogens (primary N) is 3. The number of rotatable bonds is 52. The fourth-order valence-electron chi connectivity index (χ4n) is 12.9. The summed E-state index contributed by atoms with van der Waals surface area (Å²) in [5.74, 6) is -14.3. The molecule has 3 aromatic rings. The van der Waals surface area contributed by atoms with E-state index >= 15 is 0 Å². The van der Waals surface area contributed by atoms with Gasteiger partial charge in [0.2, 0.25) is 82.5 Å². The lowest BCUT2D eigenvalue weighted by molar-refractivity contribution is -0.142. The molecule has 33 heteroatoms. The van der Waals surface area contributed by atoms with Gasteiger partial charge >= 0.3 is 5.97 Å². The SMILES string of the molecule is CC[C@H](C)[C@H](NC(=O)[C@H](CCC(N)=O)NC(=O)[C@@H]1CCCN1C(=O)CCCCCCCCCCCCC(=O)C(=O)[C@H](CO)NC(=O)[C@@H](NC(=O)[C@H](CC(C)C)NC(=O)[C@H](CC(N)=O)NC(=O)[C@@H](N)Cc1ccccc1)[C@@H](C)O)C(=O)N[C@H](C(=O)N[C@@H](CC(C)C)C(=O)N[C@@H](Cc1c[nH]c2ccccc12)C(=O)O)[C@@H](C)O. The molecule has 0 spiro atoms. The third-order valence-electron chi connectivity index (χ3n) is 19.3. The van der Waals surface area contributed by atoms with Crippen molar-refractivity contribution in [2.45, 2.75) is 275 Å². The van der Waals surface area contributed by atoms with Gasteiger partial charge in [0.1, 0.15) is 60.4 Å². The average Bonchev–Trinajstić information content (AvgIpc) is 1.59. The maximum Gasteiger partial charge on any atom is 0.326 e. The van der Waals surface area contributed by atoms with Crippen LogP contribution in [0.5, 0.6) is 0 Å². The second-order valence-electron chi connectivity index (χ2n) is 29.6. The zero-order chi connectivity index (χ0) is 81.9. The van der Waals surface area contributed by atoms with Crippen LogP contribution in [0.25, 0.3) is 10.9 Å². The number of carboxylic acids is 1. The number of nitrogens with one attached hydrogen (secondary N) is 10. The maximum atomic E-state index is 14.2. The van der Waals surface area contributed by atoms with Gasteiger partial charge in [-0.05, 0) is 100 Å². The third-order valence-corrected chi connectivity index (χ3v) is 19.3. The lowest BCUT2D eigenvalue weighted by atomic mass is 9.96. The molecule has 0 aliphatic carbocycles. The lowest BCUT2D eigenvalue weighted by Gasteiger charge is -2.30. The number of aliphatic hydroxyl groups excluding tert-OH is 3. The largest absolute Gasteiger partial charge is 0.480 e. The number of carbonyl (C=O) groups excluding carboxylic acids is 14. The summed E-state index contributed by atoms with van der Waals surface area (Å²) >= 11 is 0. The summed E-state index contributed by atoms with van der Waals surface area (Å²) in [7, 11) is 0. The molecule has 12 amide bonds. The number of likely N-dealkylation sites (tertiary alicyclic amines) is 1. The fraction of sp³-hybridized carbons (Fsp3) is 0.623. The molecule has 110 heavy (non-hydrogen) atoms. The number of Topliss-reactive ketones (excluding diaryl/α,β-unsaturated/α-hetero) is 2. The highest BCUT2D eigenvalue weighted by Crippen LogP contribution is 2.23. The Labute approximate surface area is 642 Å². The highest BCUT2D eigenvalue weighted by molar-refractivity contribution is 6.39. The molecular formula is C77H118N14O19. The number of fused-ring (bicyclic) bond motifs is 1. The second kappa shape index (κ2) is 47.4. The van der Waals surface area contributed by atoms with E-state index < -0.39 is 180 Å². The van der Waals surface area contributed by atoms with E-state index in [2.05, 4.69) is 52.8 Å². The standard InChI is InChI=1S/C77H118N14O19/c1-9-45(6)64(74(106)90-66(47(8)94)75(107)85-54(36-43(2)3)70(102)86-57(77(109)110)39-49-41-81-52-29-24-23-28-50(49)52)88-69(101)53(33-34-61(79)96)82-73(105)59-30-25-35-91(59)63(98)32-22-17-15-13-11-10-12-14-16-21-31-60(95)67(99)58(42-92)87-76(108)65(46(7)93)89-72(104)55(37-44(4)5)84-71(103)56(40-62(80)97)83-68(100)51(78)38-48-26-19-18-20-27-48/h18-20,23-24,26-29,41,43-47,51,53-59,64-66,81,92-94H,9-17,21-22,25,30-40,42,78H2,1-8H3,(H2,79,96)(H2,80,97)(H,82,105)(H,83,100)(H,84,103)(H,85,107)(H,86,102)(H,87,108)(H,88,101)(H,89,104)(H,90,106)(H,109,110)/t45-,46+,47+,51-,53-,54-,55-,56-,57-,58-,59-,64-,65-,66-/m0/s1. The molecule has 2 heterocycles. The Morgan fingerprint density at radius 2 is 0.991 bits per heavy atom. The highest BCUT2D eigenvalue weighted by Gasteiger charge is 2.41. The van der Waals surface area contributed by atoms with E-state index in [1.54, 1.807) is 84.1 Å². The first-order chi connectivity index (χ1) is 52.1. The third kappa shape index (κ3) is 31.3. The maximum absolute atomic E-state index is 14.2. The molecule has 610 valence electrons. The Balaban J connectivity index is 1.21. The molecule has 20 N–H and O–H groups in total. The quantitative estimate of drug-likeness (QED) is 0.0271. The molecule has 33 nitrogen and oxygen atoms in total. The molecule has 1 aliphatic rings. The summed E-state index contributed by atoms with van der Waals surface area (Å²) < 4.78 is 0. The highest BCUT2D eigenvalue weighted by atomic mass is 16.4. The predicted molar refractivity (Wildman–Crippen MR) is 406 cm³/mol. The number of unbranched alkanes of at least 4 members (excludes halogenated alkanes) is 9. The van der Waals surface area contributed by atoms with Crippen molar-refractivity contribution in [1.29, 1.82) is 0 Å². The molecule has 0 saturated carbocycles. The molecule has 0 unspecified atom stereocenters. The van der Waals surface area contributed by atoms with Gasteiger partial charge in [0.15, 0.2) is 0 Å². The van der Waals surface area contributed by atoms with Crippen LogP contribution in [0.4, 0.5) is 0 Å². The van der Waals surface area contributed by atoms with Crippen LogP contribution in [0.3, 0.4) is 0 Å². The summed E-state index contributed by atoms with van der Waals surface area (Å²) in [6, 6.07) is 0.430. The van der Waals surface area contributed by atoms with Crippen molar-refractivity contribution >= 4 is 99.3 Å². The van der Waals surface area contributed by atoms with Crippen LogP contribution in [0.2, 0.25) is 0 Å². The topological polar surface area (TPSA) is 542 Å². The normalized spacial score (nSPS) is 16.3. The Morgan fingerprint density at radius 3 is 1.53 bits per heavy atom. The van der Waals surface area contributed by atoms with Crippen molar-refractivity contribution in [3.05, 3.63) is 71.9 Å². The fourth-order valence-corrected chi connectivity index (χ4v) is 12.9. The van der Waals surface area contributed by atoms with Crippen LogP contribution in [0.1, 0.15) is 195 Å². The minimum Gasteiger partial charge on any atom is -0.480 e. The number of benzene rings is 2. The van der Waals surface area contributed by atoms with Crippen molar-refractivity contribution in [3.8, 4) is 0 Å². The van der Waals surface area contributed by atoms with Crippen LogP contribution in [-0.2, 0) is 84.8 Å². The van der Waals surface area contributed by atoms with E-state index in [0.717, 1.165) is 61.4 Å². The second-order valence-corrected chi connectivity index (χ2v) is 29.6. The number of aliphatic hydroxyl groups is 3. The van der Waals surface area contributed by atoms with E-state index in [9.17, 15) is 92.3 Å². The molecule has 14 atom stereocenters. The molecule has 2 aromatic carbocycles.